The quantitative estimate of drug-likeness (QED) is 0.258. The molecule has 7 heteroatoms. The Balaban J connectivity index is 1.77. The number of carbonyl (C=O) groups is 2. The topological polar surface area (TPSA) is 85.3 Å². The Morgan fingerprint density at radius 2 is 2.00 bits per heavy atom. The largest absolute Gasteiger partial charge is 0.507 e. The fourth-order valence-electron chi connectivity index (χ4n) is 4.48. The number of amides is 1. The number of unbranched alkanes of at least 4 members (excludes halogenated alkanes) is 1. The van der Waals surface area contributed by atoms with Gasteiger partial charge in [0, 0.05) is 25.6 Å². The van der Waals surface area contributed by atoms with E-state index in [0.717, 1.165) is 30.6 Å². The number of ketones is 1. The lowest BCUT2D eigenvalue weighted by Crippen LogP contribution is -2.32. The van der Waals surface area contributed by atoms with Gasteiger partial charge in [-0.25, -0.2) is 0 Å². The van der Waals surface area contributed by atoms with Gasteiger partial charge in [0.25, 0.3) is 11.7 Å². The van der Waals surface area contributed by atoms with Gasteiger partial charge in [-0.2, -0.15) is 0 Å². The molecule has 0 spiro atoms. The van der Waals surface area contributed by atoms with E-state index in [1.165, 1.54) is 4.90 Å². The summed E-state index contributed by atoms with van der Waals surface area (Å²) in [6, 6.07) is 12.0. The summed E-state index contributed by atoms with van der Waals surface area (Å²) in [6.45, 7) is 5.15. The van der Waals surface area contributed by atoms with Gasteiger partial charge in [-0.05, 0) is 54.8 Å². The summed E-state index contributed by atoms with van der Waals surface area (Å²) in [4.78, 5) is 27.6. The summed E-state index contributed by atoms with van der Waals surface area (Å²) in [5, 5.41) is 11.3. The molecular weight excluding hydrogens is 434 g/mol. The molecule has 180 valence electrons. The first kappa shape index (κ1) is 23.8. The van der Waals surface area contributed by atoms with E-state index in [1.54, 1.807) is 19.2 Å². The maximum Gasteiger partial charge on any atom is 0.295 e. The maximum atomic E-state index is 13.2. The number of aliphatic hydroxyl groups is 1. The molecule has 2 aliphatic rings. The number of fused-ring (bicyclic) bond motifs is 1. The van der Waals surface area contributed by atoms with Gasteiger partial charge in [0.2, 0.25) is 0 Å². The molecule has 2 aromatic rings. The number of aliphatic hydroxyl groups excluding tert-OH is 1. The fraction of sp³-hybridized carbons (Fsp3) is 0.407. The molecule has 2 heterocycles. The van der Waals surface area contributed by atoms with Crippen LogP contribution in [0.5, 0.6) is 11.5 Å². The van der Waals surface area contributed by atoms with Crippen molar-refractivity contribution in [3.63, 3.8) is 0 Å². The van der Waals surface area contributed by atoms with Gasteiger partial charge in [0.1, 0.15) is 23.4 Å². The van der Waals surface area contributed by atoms with E-state index >= 15 is 0 Å². The third kappa shape index (κ3) is 4.66. The van der Waals surface area contributed by atoms with Gasteiger partial charge < -0.3 is 24.2 Å². The summed E-state index contributed by atoms with van der Waals surface area (Å²) in [6.07, 6.45) is 2.72. The zero-order chi connectivity index (χ0) is 24.2. The van der Waals surface area contributed by atoms with Crippen LogP contribution in [0, 0.1) is 0 Å². The predicted octanol–water partition coefficient (Wildman–Crippen LogP) is 4.26. The van der Waals surface area contributed by atoms with Crippen LogP contribution in [0.2, 0.25) is 0 Å². The van der Waals surface area contributed by atoms with Crippen LogP contribution in [0.25, 0.3) is 5.76 Å². The number of rotatable bonds is 9. The standard InChI is InChI=1S/C27H31NO6/c1-4-5-12-33-21-8-6-7-18(16-21)24-23(26(30)27(31)28(24)11-13-32-3)25(29)19-9-10-22-20(15-19)14-17(2)34-22/h6-10,15-17,24,29H,4-5,11-14H2,1-3H3/b25-23+/t17-,24-/m0/s1. The van der Waals surface area contributed by atoms with Crippen LogP contribution in [-0.2, 0) is 20.7 Å². The molecule has 1 N–H and O–H groups in total. The van der Waals surface area contributed by atoms with Gasteiger partial charge in [-0.15, -0.1) is 0 Å². The van der Waals surface area contributed by atoms with Crippen molar-refractivity contribution in [1.29, 1.82) is 0 Å². The highest BCUT2D eigenvalue weighted by atomic mass is 16.5. The number of methoxy groups -OCH3 is 1. The Morgan fingerprint density at radius 3 is 2.76 bits per heavy atom. The number of hydrogen-bond acceptors (Lipinski definition) is 6. The summed E-state index contributed by atoms with van der Waals surface area (Å²) < 4.78 is 16.8. The summed E-state index contributed by atoms with van der Waals surface area (Å²) in [5.41, 5.74) is 2.22. The highest BCUT2D eigenvalue weighted by Crippen LogP contribution is 2.41. The van der Waals surface area contributed by atoms with E-state index < -0.39 is 17.7 Å². The lowest BCUT2D eigenvalue weighted by molar-refractivity contribution is -0.140. The number of nitrogens with zero attached hydrogens (tertiary/aromatic N) is 1. The van der Waals surface area contributed by atoms with Crippen LogP contribution in [0.1, 0.15) is 49.4 Å². The molecule has 7 nitrogen and oxygen atoms in total. The van der Waals surface area contributed by atoms with E-state index in [-0.39, 0.29) is 30.6 Å². The smallest absolute Gasteiger partial charge is 0.295 e. The summed E-state index contributed by atoms with van der Waals surface area (Å²) in [7, 11) is 1.54. The van der Waals surface area contributed by atoms with Crippen molar-refractivity contribution in [3.05, 3.63) is 64.7 Å². The highest BCUT2D eigenvalue weighted by molar-refractivity contribution is 6.46. The van der Waals surface area contributed by atoms with E-state index in [4.69, 9.17) is 14.2 Å². The van der Waals surface area contributed by atoms with E-state index in [9.17, 15) is 14.7 Å². The van der Waals surface area contributed by atoms with Crippen molar-refractivity contribution in [2.24, 2.45) is 0 Å². The fourth-order valence-corrected chi connectivity index (χ4v) is 4.48. The van der Waals surface area contributed by atoms with E-state index in [2.05, 4.69) is 6.92 Å². The van der Waals surface area contributed by atoms with Gasteiger partial charge >= 0.3 is 0 Å². The number of benzene rings is 2. The lowest BCUT2D eigenvalue weighted by atomic mass is 9.94. The van der Waals surface area contributed by atoms with Crippen molar-refractivity contribution < 1.29 is 28.9 Å². The Morgan fingerprint density at radius 1 is 1.18 bits per heavy atom. The first-order valence-electron chi connectivity index (χ1n) is 11.7. The lowest BCUT2D eigenvalue weighted by Gasteiger charge is -2.25. The maximum absolute atomic E-state index is 13.2. The minimum Gasteiger partial charge on any atom is -0.507 e. The van der Waals surface area contributed by atoms with Crippen molar-refractivity contribution in [1.82, 2.24) is 4.90 Å². The second-order valence-corrected chi connectivity index (χ2v) is 8.71. The van der Waals surface area contributed by atoms with Crippen molar-refractivity contribution in [2.45, 2.75) is 45.3 Å². The molecule has 2 aromatic carbocycles. The minimum atomic E-state index is -0.742. The van der Waals surface area contributed by atoms with Crippen molar-refractivity contribution >= 4 is 17.4 Å². The molecule has 0 aliphatic carbocycles. The summed E-state index contributed by atoms with van der Waals surface area (Å²) >= 11 is 0. The first-order valence-corrected chi connectivity index (χ1v) is 11.7. The summed E-state index contributed by atoms with van der Waals surface area (Å²) in [5.74, 6) is -0.118. The third-order valence-electron chi connectivity index (χ3n) is 6.19. The number of hydrogen-bond donors (Lipinski definition) is 1. The van der Waals surface area contributed by atoms with Gasteiger partial charge in [0.15, 0.2) is 0 Å². The second-order valence-electron chi connectivity index (χ2n) is 8.71. The molecule has 0 aromatic heterocycles. The third-order valence-corrected chi connectivity index (χ3v) is 6.19. The Kier molecular flexibility index (Phi) is 7.22. The van der Waals surface area contributed by atoms with Crippen LogP contribution in [0.3, 0.4) is 0 Å². The van der Waals surface area contributed by atoms with Gasteiger partial charge in [0.05, 0.1) is 24.8 Å². The molecular formula is C27H31NO6. The number of carbonyl (C=O) groups excluding carboxylic acids is 2. The second kappa shape index (κ2) is 10.3. The van der Waals surface area contributed by atoms with E-state index in [0.29, 0.717) is 23.5 Å². The average molecular weight is 466 g/mol. The van der Waals surface area contributed by atoms with Gasteiger partial charge in [-0.1, -0.05) is 25.5 Å². The zero-order valence-electron chi connectivity index (χ0n) is 19.9. The molecule has 1 fully saturated rings. The number of likely N-dealkylation sites (tertiary alicyclic amines) is 1. The van der Waals surface area contributed by atoms with E-state index in [1.807, 2.05) is 37.3 Å². The van der Waals surface area contributed by atoms with Gasteiger partial charge in [-0.3, -0.25) is 9.59 Å². The molecule has 1 saturated heterocycles. The molecule has 1 amide bonds. The SMILES string of the molecule is CCCCOc1cccc([C@H]2/C(=C(\O)c3ccc4c(c3)C[C@H](C)O4)C(=O)C(=O)N2CCOC)c1. The molecule has 0 unspecified atom stereocenters. The normalized spacial score (nSPS) is 21.0. The average Bonchev–Trinajstić information content (AvgIpc) is 3.33. The molecule has 4 rings (SSSR count). The van der Waals surface area contributed by atoms with Crippen LogP contribution in [0.15, 0.2) is 48.0 Å². The Hall–Kier alpha value is -3.32. The Bertz CT molecular complexity index is 1110. The molecule has 0 radical (unpaired) electrons. The van der Waals surface area contributed by atoms with Crippen LogP contribution < -0.4 is 9.47 Å². The minimum absolute atomic E-state index is 0.0578. The number of Topliss-reactive ketones (excluding diaryl/α,β-unsaturated/α-hetero) is 1. The molecule has 2 aliphatic heterocycles. The predicted molar refractivity (Wildman–Crippen MR) is 128 cm³/mol. The van der Waals surface area contributed by atoms with Crippen molar-refractivity contribution in [2.75, 3.05) is 26.9 Å². The van der Waals surface area contributed by atoms with Crippen LogP contribution in [-0.4, -0.2) is 54.7 Å². The molecule has 0 bridgehead atoms. The van der Waals surface area contributed by atoms with Crippen LogP contribution >= 0.6 is 0 Å². The molecule has 2 atom stereocenters. The van der Waals surface area contributed by atoms with Crippen molar-refractivity contribution in [3.8, 4) is 11.5 Å². The Labute approximate surface area is 199 Å². The monoisotopic (exact) mass is 465 g/mol. The number of ether oxygens (including phenoxy) is 3. The molecule has 0 saturated carbocycles. The molecule has 34 heavy (non-hydrogen) atoms. The van der Waals surface area contributed by atoms with Crippen LogP contribution in [0.4, 0.5) is 0 Å². The first-order chi connectivity index (χ1) is 16.4. The zero-order valence-corrected chi connectivity index (χ0v) is 19.9. The highest BCUT2D eigenvalue weighted by Gasteiger charge is 2.46.